The summed E-state index contributed by atoms with van der Waals surface area (Å²) in [7, 11) is 0. The van der Waals surface area contributed by atoms with Gasteiger partial charge in [0.15, 0.2) is 0 Å². The van der Waals surface area contributed by atoms with Gasteiger partial charge in [0.25, 0.3) is 0 Å². The first-order chi connectivity index (χ1) is 7.68. The van der Waals surface area contributed by atoms with Crippen LogP contribution in [0.1, 0.15) is 11.1 Å². The Morgan fingerprint density at radius 2 is 2.18 bits per heavy atom. The fourth-order valence-electron chi connectivity index (χ4n) is 1.74. The number of nitrogens with one attached hydrogen (secondary N) is 2. The van der Waals surface area contributed by atoms with Gasteiger partial charge < -0.3 is 10.6 Å². The van der Waals surface area contributed by atoms with Gasteiger partial charge in [-0.2, -0.15) is 0 Å². The Bertz CT molecular complexity index is 432. The van der Waals surface area contributed by atoms with E-state index in [1.807, 2.05) is 13.8 Å². The summed E-state index contributed by atoms with van der Waals surface area (Å²) < 4.78 is 13.6. The Kier molecular flexibility index (Phi) is 4.75. The maximum Gasteiger partial charge on any atom is 0.146 e. The number of aryl methyl sites for hydroxylation is 1. The zero-order valence-corrected chi connectivity index (χ0v) is 10.8. The third-order valence-corrected chi connectivity index (χ3v) is 2.86. The molecule has 1 aromatic carbocycles. The molecule has 0 amide bonds. The van der Waals surface area contributed by atoms with Crippen molar-refractivity contribution < 1.29 is 4.39 Å². The predicted octanol–water partition coefficient (Wildman–Crippen LogP) is 2.28. The molecule has 2 rings (SSSR count). The van der Waals surface area contributed by atoms with Crippen LogP contribution in [-0.4, -0.2) is 25.5 Å². The summed E-state index contributed by atoms with van der Waals surface area (Å²) in [5, 5.41) is 6.24. The molecule has 5 heteroatoms. The van der Waals surface area contributed by atoms with Crippen molar-refractivity contribution in [2.24, 2.45) is 4.99 Å². The van der Waals surface area contributed by atoms with Crippen molar-refractivity contribution in [3.63, 3.8) is 0 Å². The molecule has 1 heterocycles. The van der Waals surface area contributed by atoms with Gasteiger partial charge in [-0.25, -0.2) is 4.39 Å². The maximum absolute atomic E-state index is 13.6. The standard InChI is InChI=1S/C12H16FN3.ClH/c1-8-3-4-10(13)12(9(8)2)16-7-11-14-5-6-15-11;/h3-4,16H,5-7H2,1-2H3,(H,14,15);1H. The van der Waals surface area contributed by atoms with E-state index in [0.717, 1.165) is 30.1 Å². The van der Waals surface area contributed by atoms with Gasteiger partial charge in [-0.05, 0) is 31.0 Å². The van der Waals surface area contributed by atoms with Crippen LogP contribution >= 0.6 is 12.4 Å². The van der Waals surface area contributed by atoms with Crippen molar-refractivity contribution in [3.8, 4) is 0 Å². The number of nitrogens with zero attached hydrogens (tertiary/aromatic N) is 1. The van der Waals surface area contributed by atoms with Gasteiger partial charge in [0.2, 0.25) is 0 Å². The number of halogens is 2. The van der Waals surface area contributed by atoms with Crippen LogP contribution < -0.4 is 10.6 Å². The Balaban J connectivity index is 0.00000144. The number of hydrogen-bond acceptors (Lipinski definition) is 3. The fourth-order valence-corrected chi connectivity index (χ4v) is 1.74. The maximum atomic E-state index is 13.6. The monoisotopic (exact) mass is 257 g/mol. The Morgan fingerprint density at radius 1 is 1.41 bits per heavy atom. The minimum absolute atomic E-state index is 0. The first-order valence-electron chi connectivity index (χ1n) is 5.45. The summed E-state index contributed by atoms with van der Waals surface area (Å²) in [6.45, 7) is 6.15. The highest BCUT2D eigenvalue weighted by Crippen LogP contribution is 2.22. The Hall–Kier alpha value is -1.29. The quantitative estimate of drug-likeness (QED) is 0.872. The number of rotatable bonds is 3. The molecular weight excluding hydrogens is 241 g/mol. The summed E-state index contributed by atoms with van der Waals surface area (Å²) in [6.07, 6.45) is 0. The molecule has 0 saturated heterocycles. The lowest BCUT2D eigenvalue weighted by molar-refractivity contribution is 0.629. The van der Waals surface area contributed by atoms with E-state index in [2.05, 4.69) is 15.6 Å². The van der Waals surface area contributed by atoms with Crippen LogP contribution in [0.5, 0.6) is 0 Å². The van der Waals surface area contributed by atoms with Gasteiger partial charge in [0.05, 0.1) is 18.8 Å². The third-order valence-electron chi connectivity index (χ3n) is 2.86. The van der Waals surface area contributed by atoms with Crippen LogP contribution in [0.3, 0.4) is 0 Å². The van der Waals surface area contributed by atoms with Crippen molar-refractivity contribution in [2.45, 2.75) is 13.8 Å². The molecule has 0 saturated carbocycles. The van der Waals surface area contributed by atoms with E-state index in [9.17, 15) is 4.39 Å². The zero-order chi connectivity index (χ0) is 11.5. The van der Waals surface area contributed by atoms with Gasteiger partial charge in [-0.3, -0.25) is 4.99 Å². The van der Waals surface area contributed by atoms with Crippen LogP contribution in [0.4, 0.5) is 10.1 Å². The largest absolute Gasteiger partial charge is 0.375 e. The van der Waals surface area contributed by atoms with Crippen LogP contribution in [0.25, 0.3) is 0 Å². The van der Waals surface area contributed by atoms with Gasteiger partial charge in [0, 0.05) is 6.54 Å². The van der Waals surface area contributed by atoms with E-state index in [1.54, 1.807) is 6.07 Å². The van der Waals surface area contributed by atoms with Gasteiger partial charge in [-0.15, -0.1) is 12.4 Å². The smallest absolute Gasteiger partial charge is 0.146 e. The van der Waals surface area contributed by atoms with Crippen molar-refractivity contribution in [1.29, 1.82) is 0 Å². The molecule has 0 aliphatic carbocycles. The molecule has 0 unspecified atom stereocenters. The van der Waals surface area contributed by atoms with Gasteiger partial charge >= 0.3 is 0 Å². The molecule has 0 atom stereocenters. The molecule has 0 aromatic heterocycles. The van der Waals surface area contributed by atoms with E-state index < -0.39 is 0 Å². The summed E-state index contributed by atoms with van der Waals surface area (Å²) >= 11 is 0. The lowest BCUT2D eigenvalue weighted by Crippen LogP contribution is -2.26. The molecule has 0 bridgehead atoms. The van der Waals surface area contributed by atoms with Crippen molar-refractivity contribution >= 4 is 23.9 Å². The SMILES string of the molecule is Cc1ccc(F)c(NCC2=NCCN2)c1C.Cl. The van der Waals surface area contributed by atoms with Gasteiger partial charge in [0.1, 0.15) is 11.7 Å². The third kappa shape index (κ3) is 3.09. The number of amidine groups is 1. The second-order valence-corrected chi connectivity index (χ2v) is 3.97. The van der Waals surface area contributed by atoms with E-state index in [0.29, 0.717) is 12.2 Å². The van der Waals surface area contributed by atoms with Crippen LogP contribution in [0.2, 0.25) is 0 Å². The van der Waals surface area contributed by atoms with E-state index >= 15 is 0 Å². The fraction of sp³-hybridized carbons (Fsp3) is 0.417. The molecule has 1 aromatic rings. The molecule has 1 aliphatic rings. The summed E-state index contributed by atoms with van der Waals surface area (Å²) in [4.78, 5) is 4.25. The lowest BCUT2D eigenvalue weighted by atomic mass is 10.1. The minimum Gasteiger partial charge on any atom is -0.375 e. The normalized spacial score (nSPS) is 13.7. The molecule has 3 nitrogen and oxygen atoms in total. The molecule has 0 radical (unpaired) electrons. The average Bonchev–Trinajstić information content (AvgIpc) is 2.77. The first-order valence-corrected chi connectivity index (χ1v) is 5.45. The summed E-state index contributed by atoms with van der Waals surface area (Å²) in [6, 6.07) is 3.29. The molecule has 0 spiro atoms. The molecule has 2 N–H and O–H groups in total. The highest BCUT2D eigenvalue weighted by Gasteiger charge is 2.09. The van der Waals surface area contributed by atoms with E-state index in [1.165, 1.54) is 6.07 Å². The van der Waals surface area contributed by atoms with E-state index in [4.69, 9.17) is 0 Å². The molecule has 94 valence electrons. The van der Waals surface area contributed by atoms with Crippen LogP contribution in [-0.2, 0) is 0 Å². The lowest BCUT2D eigenvalue weighted by Gasteiger charge is -2.12. The number of benzene rings is 1. The molecular formula is C12H17ClFN3. The Labute approximate surface area is 107 Å². The van der Waals surface area contributed by atoms with Crippen molar-refractivity contribution in [2.75, 3.05) is 25.0 Å². The predicted molar refractivity (Wildman–Crippen MR) is 71.9 cm³/mol. The molecule has 1 aliphatic heterocycles. The topological polar surface area (TPSA) is 36.4 Å². The number of anilines is 1. The van der Waals surface area contributed by atoms with Crippen molar-refractivity contribution in [1.82, 2.24) is 5.32 Å². The van der Waals surface area contributed by atoms with Crippen molar-refractivity contribution in [3.05, 3.63) is 29.1 Å². The zero-order valence-electron chi connectivity index (χ0n) is 10.0. The number of hydrogen-bond donors (Lipinski definition) is 2. The van der Waals surface area contributed by atoms with Crippen LogP contribution in [0.15, 0.2) is 17.1 Å². The molecule has 17 heavy (non-hydrogen) atoms. The summed E-state index contributed by atoms with van der Waals surface area (Å²) in [5.41, 5.74) is 2.63. The average molecular weight is 258 g/mol. The van der Waals surface area contributed by atoms with Gasteiger partial charge in [-0.1, -0.05) is 6.07 Å². The number of aliphatic imine (C=N–C) groups is 1. The Morgan fingerprint density at radius 3 is 2.82 bits per heavy atom. The second-order valence-electron chi connectivity index (χ2n) is 3.97. The highest BCUT2D eigenvalue weighted by molar-refractivity contribution is 5.87. The second kappa shape index (κ2) is 5.87. The minimum atomic E-state index is -0.207. The van der Waals surface area contributed by atoms with E-state index in [-0.39, 0.29) is 18.2 Å². The van der Waals surface area contributed by atoms with Crippen LogP contribution in [0, 0.1) is 19.7 Å². The molecule has 0 fully saturated rings. The first kappa shape index (κ1) is 13.8. The summed E-state index contributed by atoms with van der Waals surface area (Å²) in [5.74, 6) is 0.696. The highest BCUT2D eigenvalue weighted by atomic mass is 35.5.